The van der Waals surface area contributed by atoms with Crippen molar-refractivity contribution in [1.82, 2.24) is 9.97 Å². The Bertz CT molecular complexity index is 1300. The van der Waals surface area contributed by atoms with Crippen LogP contribution in [-0.2, 0) is 4.79 Å². The lowest BCUT2D eigenvalue weighted by atomic mass is 10.1. The number of fused-ring (bicyclic) bond motifs is 2. The lowest BCUT2D eigenvalue weighted by molar-refractivity contribution is -0.139. The van der Waals surface area contributed by atoms with Gasteiger partial charge in [-0.05, 0) is 37.3 Å². The minimum atomic E-state index is -1.18. The molecular formula is C23H21FN2O6. The van der Waals surface area contributed by atoms with Gasteiger partial charge in [-0.2, -0.15) is 0 Å². The van der Waals surface area contributed by atoms with Crippen LogP contribution in [-0.4, -0.2) is 46.0 Å². The molecule has 0 saturated carbocycles. The van der Waals surface area contributed by atoms with Crippen LogP contribution in [0.25, 0.3) is 21.8 Å². The molecule has 0 aliphatic rings. The second-order valence-electron chi connectivity index (χ2n) is 7.29. The lowest BCUT2D eigenvalue weighted by Crippen LogP contribution is -2.21. The van der Waals surface area contributed by atoms with Gasteiger partial charge in [0.2, 0.25) is 0 Å². The molecule has 0 spiro atoms. The van der Waals surface area contributed by atoms with Crippen molar-refractivity contribution >= 4 is 27.8 Å². The molecule has 0 saturated heterocycles. The SMILES string of the molecule is COc1cc2c(Oc3ccc4[nH]c(C)cc4c3F)ccnc2cc1OCC(O)CC(=O)O. The monoisotopic (exact) mass is 440 g/mol. The third-order valence-corrected chi connectivity index (χ3v) is 4.89. The van der Waals surface area contributed by atoms with Gasteiger partial charge in [0.15, 0.2) is 23.1 Å². The van der Waals surface area contributed by atoms with Crippen LogP contribution in [0.15, 0.2) is 42.6 Å². The van der Waals surface area contributed by atoms with E-state index in [2.05, 4.69) is 9.97 Å². The predicted molar refractivity (Wildman–Crippen MR) is 115 cm³/mol. The smallest absolute Gasteiger partial charge is 0.306 e. The van der Waals surface area contributed by atoms with Crippen molar-refractivity contribution in [1.29, 1.82) is 0 Å². The maximum absolute atomic E-state index is 15.0. The highest BCUT2D eigenvalue weighted by Gasteiger charge is 2.17. The number of aromatic nitrogens is 2. The first-order valence-electron chi connectivity index (χ1n) is 9.80. The zero-order valence-electron chi connectivity index (χ0n) is 17.4. The molecule has 3 N–H and O–H groups in total. The Balaban J connectivity index is 1.66. The molecule has 32 heavy (non-hydrogen) atoms. The number of carboxylic acid groups (broad SMARTS) is 1. The largest absolute Gasteiger partial charge is 0.493 e. The number of carbonyl (C=O) groups is 1. The van der Waals surface area contributed by atoms with Gasteiger partial charge in [0.1, 0.15) is 12.4 Å². The topological polar surface area (TPSA) is 114 Å². The Kier molecular flexibility index (Phi) is 5.83. The first-order valence-corrected chi connectivity index (χ1v) is 9.80. The Morgan fingerprint density at radius 1 is 1.12 bits per heavy atom. The number of rotatable bonds is 8. The predicted octanol–water partition coefficient (Wildman–Crippen LogP) is 4.18. The van der Waals surface area contributed by atoms with Crippen molar-refractivity contribution in [3.05, 3.63) is 54.1 Å². The number of aliphatic hydroxyl groups excluding tert-OH is 1. The molecule has 1 atom stereocenters. The molecule has 2 heterocycles. The number of methoxy groups -OCH3 is 1. The molecular weight excluding hydrogens is 419 g/mol. The second-order valence-corrected chi connectivity index (χ2v) is 7.29. The van der Waals surface area contributed by atoms with E-state index in [1.54, 1.807) is 36.4 Å². The second kappa shape index (κ2) is 8.72. The number of aliphatic hydroxyl groups is 1. The van der Waals surface area contributed by atoms with Crippen LogP contribution >= 0.6 is 0 Å². The summed E-state index contributed by atoms with van der Waals surface area (Å²) in [7, 11) is 1.44. The number of aryl methyl sites for hydroxylation is 1. The number of nitrogens with one attached hydrogen (secondary N) is 1. The van der Waals surface area contributed by atoms with E-state index in [1.807, 2.05) is 6.92 Å². The van der Waals surface area contributed by atoms with Crippen LogP contribution in [0, 0.1) is 12.7 Å². The summed E-state index contributed by atoms with van der Waals surface area (Å²) in [5.41, 5.74) is 2.02. The van der Waals surface area contributed by atoms with Gasteiger partial charge in [-0.1, -0.05) is 0 Å². The normalized spacial score (nSPS) is 12.1. The standard InChI is InChI=1S/C23H21FN2O6/c1-12-7-15-16(26-12)3-4-19(23(15)24)32-18-5-6-25-17-10-21(20(30-2)9-14(17)18)31-11-13(27)8-22(28)29/h3-7,9-10,13,26-27H,8,11H2,1-2H3,(H,28,29). The van der Waals surface area contributed by atoms with Gasteiger partial charge in [0.05, 0.1) is 25.2 Å². The van der Waals surface area contributed by atoms with Crippen LogP contribution < -0.4 is 14.2 Å². The quantitative estimate of drug-likeness (QED) is 0.377. The third kappa shape index (κ3) is 4.28. The Hall–Kier alpha value is -3.85. The van der Waals surface area contributed by atoms with Crippen LogP contribution in [0.1, 0.15) is 12.1 Å². The van der Waals surface area contributed by atoms with Gasteiger partial charge in [0.25, 0.3) is 0 Å². The highest BCUT2D eigenvalue weighted by Crippen LogP contribution is 2.38. The number of nitrogens with zero attached hydrogens (tertiary/aromatic N) is 1. The number of aliphatic carboxylic acids is 1. The summed E-state index contributed by atoms with van der Waals surface area (Å²) in [6, 6.07) is 9.85. The fourth-order valence-electron chi connectivity index (χ4n) is 3.42. The van der Waals surface area contributed by atoms with E-state index in [0.717, 1.165) is 5.69 Å². The van der Waals surface area contributed by atoms with Crippen molar-refractivity contribution in [2.24, 2.45) is 0 Å². The summed E-state index contributed by atoms with van der Waals surface area (Å²) in [6.45, 7) is 1.62. The molecule has 2 aromatic heterocycles. The first kappa shape index (κ1) is 21.4. The summed E-state index contributed by atoms with van der Waals surface area (Å²) in [6.07, 6.45) is -0.0993. The van der Waals surface area contributed by atoms with Crippen molar-refractivity contribution in [2.75, 3.05) is 13.7 Å². The van der Waals surface area contributed by atoms with Crippen LogP contribution in [0.3, 0.4) is 0 Å². The van der Waals surface area contributed by atoms with Crippen molar-refractivity contribution in [3.8, 4) is 23.0 Å². The van der Waals surface area contributed by atoms with Crippen molar-refractivity contribution < 1.29 is 33.6 Å². The Morgan fingerprint density at radius 3 is 2.69 bits per heavy atom. The van der Waals surface area contributed by atoms with Gasteiger partial charge in [-0.15, -0.1) is 0 Å². The number of H-pyrrole nitrogens is 1. The third-order valence-electron chi connectivity index (χ3n) is 4.89. The molecule has 0 fully saturated rings. The molecule has 8 nitrogen and oxygen atoms in total. The summed E-state index contributed by atoms with van der Waals surface area (Å²) in [4.78, 5) is 18.1. The highest BCUT2D eigenvalue weighted by molar-refractivity contribution is 5.89. The van der Waals surface area contributed by atoms with Gasteiger partial charge in [-0.3, -0.25) is 9.78 Å². The Labute approximate surface area is 182 Å². The van der Waals surface area contributed by atoms with E-state index in [9.17, 15) is 14.3 Å². The molecule has 2 aromatic carbocycles. The number of aromatic amines is 1. The highest BCUT2D eigenvalue weighted by atomic mass is 19.1. The Morgan fingerprint density at radius 2 is 1.94 bits per heavy atom. The average molecular weight is 440 g/mol. The minimum Gasteiger partial charge on any atom is -0.493 e. The molecule has 0 aliphatic heterocycles. The van der Waals surface area contributed by atoms with Gasteiger partial charge < -0.3 is 29.4 Å². The first-order chi connectivity index (χ1) is 15.4. The zero-order chi connectivity index (χ0) is 22.8. The number of carboxylic acids is 1. The molecule has 166 valence electrons. The number of ether oxygens (including phenoxy) is 3. The van der Waals surface area contributed by atoms with Crippen LogP contribution in [0.2, 0.25) is 0 Å². The molecule has 0 aliphatic carbocycles. The average Bonchev–Trinajstić information content (AvgIpc) is 3.14. The van der Waals surface area contributed by atoms with Gasteiger partial charge in [0, 0.05) is 34.2 Å². The van der Waals surface area contributed by atoms with E-state index < -0.39 is 24.3 Å². The van der Waals surface area contributed by atoms with Gasteiger partial charge in [-0.25, -0.2) is 4.39 Å². The maximum Gasteiger partial charge on any atom is 0.306 e. The number of hydrogen-bond donors (Lipinski definition) is 3. The van der Waals surface area contributed by atoms with Crippen LogP contribution in [0.4, 0.5) is 4.39 Å². The number of benzene rings is 2. The van der Waals surface area contributed by atoms with Gasteiger partial charge >= 0.3 is 5.97 Å². The fourth-order valence-corrected chi connectivity index (χ4v) is 3.42. The zero-order valence-corrected chi connectivity index (χ0v) is 17.4. The van der Waals surface area contributed by atoms with E-state index in [0.29, 0.717) is 33.3 Å². The minimum absolute atomic E-state index is 0.0695. The molecule has 0 radical (unpaired) electrons. The molecule has 4 aromatic rings. The summed E-state index contributed by atoms with van der Waals surface area (Å²) >= 11 is 0. The summed E-state index contributed by atoms with van der Waals surface area (Å²) < 4.78 is 31.8. The van der Waals surface area contributed by atoms with Crippen LogP contribution in [0.5, 0.6) is 23.0 Å². The van der Waals surface area contributed by atoms with E-state index in [4.69, 9.17) is 19.3 Å². The molecule has 0 bridgehead atoms. The fraction of sp³-hybridized carbons (Fsp3) is 0.217. The summed E-state index contributed by atoms with van der Waals surface area (Å²) in [5.74, 6) is -0.553. The molecule has 9 heteroatoms. The van der Waals surface area contributed by atoms with E-state index in [-0.39, 0.29) is 18.1 Å². The number of pyridine rings is 1. The molecule has 4 rings (SSSR count). The lowest BCUT2D eigenvalue weighted by Gasteiger charge is -2.15. The molecule has 1 unspecified atom stereocenters. The maximum atomic E-state index is 15.0. The van der Waals surface area contributed by atoms with E-state index >= 15 is 0 Å². The number of halogens is 1. The number of hydrogen-bond acceptors (Lipinski definition) is 6. The van der Waals surface area contributed by atoms with Crippen molar-refractivity contribution in [2.45, 2.75) is 19.4 Å². The van der Waals surface area contributed by atoms with E-state index in [1.165, 1.54) is 13.3 Å². The summed E-state index contributed by atoms with van der Waals surface area (Å²) in [5, 5.41) is 19.5. The van der Waals surface area contributed by atoms with Crippen molar-refractivity contribution in [3.63, 3.8) is 0 Å². The molecule has 0 amide bonds.